The van der Waals surface area contributed by atoms with Crippen LogP contribution in [0, 0.1) is 0 Å². The predicted octanol–water partition coefficient (Wildman–Crippen LogP) is 6.55. The van der Waals surface area contributed by atoms with E-state index in [1.807, 2.05) is 0 Å². The van der Waals surface area contributed by atoms with E-state index in [1.165, 1.54) is 25.7 Å². The molecule has 0 bridgehead atoms. The van der Waals surface area contributed by atoms with Crippen LogP contribution in [0.4, 0.5) is 0 Å². The van der Waals surface area contributed by atoms with Crippen molar-refractivity contribution >= 4 is 0 Å². The Hall–Kier alpha value is -1.24. The maximum absolute atomic E-state index is 10.2. The fraction of sp³-hybridized carbons (Fsp3) is 0.758. The van der Waals surface area contributed by atoms with Crippen molar-refractivity contribution in [3.8, 4) is 0 Å². The highest BCUT2D eigenvalue weighted by Crippen LogP contribution is 2.07. The van der Waals surface area contributed by atoms with E-state index in [2.05, 4.69) is 85.0 Å². The molecule has 0 saturated heterocycles. The Bertz CT molecular complexity index is 539. The zero-order valence-electron chi connectivity index (χ0n) is 25.3. The molecule has 4 N–H and O–H groups in total. The van der Waals surface area contributed by atoms with Crippen LogP contribution in [0.2, 0.25) is 0 Å². The van der Waals surface area contributed by atoms with Crippen molar-refractivity contribution < 1.29 is 10.2 Å². The smallest absolute Gasteiger partial charge is 0.0664 e. The van der Waals surface area contributed by atoms with E-state index in [0.29, 0.717) is 13.1 Å². The summed E-state index contributed by atoms with van der Waals surface area (Å²) in [6, 6.07) is 0. The fourth-order valence-corrected chi connectivity index (χ4v) is 4.14. The van der Waals surface area contributed by atoms with Crippen LogP contribution in [-0.2, 0) is 0 Å². The highest BCUT2D eigenvalue weighted by molar-refractivity contribution is 4.93. The van der Waals surface area contributed by atoms with Crippen molar-refractivity contribution in [2.24, 2.45) is 0 Å². The van der Waals surface area contributed by atoms with Gasteiger partial charge in [0.1, 0.15) is 0 Å². The van der Waals surface area contributed by atoms with Crippen LogP contribution >= 0.6 is 0 Å². The van der Waals surface area contributed by atoms with Crippen LogP contribution in [0.1, 0.15) is 104 Å². The van der Waals surface area contributed by atoms with Crippen molar-refractivity contribution in [2.75, 3.05) is 46.3 Å². The number of nitrogens with zero attached hydrogens (tertiary/aromatic N) is 1. The molecule has 0 aliphatic heterocycles. The summed E-state index contributed by atoms with van der Waals surface area (Å²) in [5.41, 5.74) is 0. The number of likely N-dealkylation sites (N-methyl/N-ethyl adjacent to an activating group) is 1. The van der Waals surface area contributed by atoms with Crippen molar-refractivity contribution in [1.29, 1.82) is 0 Å². The van der Waals surface area contributed by atoms with Crippen molar-refractivity contribution in [3.05, 3.63) is 48.6 Å². The molecule has 0 radical (unpaired) electrons. The van der Waals surface area contributed by atoms with Crippen LogP contribution < -0.4 is 10.6 Å². The number of rotatable bonds is 28. The highest BCUT2D eigenvalue weighted by atomic mass is 16.3. The minimum atomic E-state index is -0.248. The van der Waals surface area contributed by atoms with Gasteiger partial charge in [0.15, 0.2) is 0 Å². The quantitative estimate of drug-likeness (QED) is 0.0679. The fourth-order valence-electron chi connectivity index (χ4n) is 4.14. The van der Waals surface area contributed by atoms with E-state index < -0.39 is 0 Å². The zero-order chi connectivity index (χ0) is 27.9. The average molecular weight is 534 g/mol. The van der Waals surface area contributed by atoms with Crippen LogP contribution in [0.15, 0.2) is 48.6 Å². The van der Waals surface area contributed by atoms with Gasteiger partial charge in [0.05, 0.1) is 12.2 Å². The van der Waals surface area contributed by atoms with Gasteiger partial charge in [-0.25, -0.2) is 0 Å². The maximum atomic E-state index is 10.2. The lowest BCUT2D eigenvalue weighted by Crippen LogP contribution is -2.38. The molecule has 0 heterocycles. The molecule has 0 fully saturated rings. The molecule has 0 amide bonds. The molecule has 5 nitrogen and oxygen atoms in total. The first-order valence-electron chi connectivity index (χ1n) is 15.7. The third kappa shape index (κ3) is 29.3. The Morgan fingerprint density at radius 2 is 1.00 bits per heavy atom. The predicted molar refractivity (Wildman–Crippen MR) is 168 cm³/mol. The number of aliphatic hydroxyl groups excluding tert-OH is 2. The van der Waals surface area contributed by atoms with Gasteiger partial charge in [-0.3, -0.25) is 0 Å². The lowest BCUT2D eigenvalue weighted by atomic mass is 10.1. The zero-order valence-corrected chi connectivity index (χ0v) is 25.3. The summed E-state index contributed by atoms with van der Waals surface area (Å²) in [7, 11) is 2.12. The first-order valence-corrected chi connectivity index (χ1v) is 15.7. The Morgan fingerprint density at radius 3 is 1.42 bits per heavy atom. The Kier molecular flexibility index (Phi) is 29.3. The molecular formula is C33H63N3O2. The van der Waals surface area contributed by atoms with E-state index in [9.17, 15) is 10.2 Å². The maximum Gasteiger partial charge on any atom is 0.0664 e. The first-order chi connectivity index (χ1) is 18.6. The number of aliphatic hydroxyl groups is 2. The third-order valence-electron chi connectivity index (χ3n) is 6.60. The Labute approximate surface area is 236 Å². The largest absolute Gasteiger partial charge is 0.392 e. The van der Waals surface area contributed by atoms with Crippen LogP contribution in [0.3, 0.4) is 0 Å². The molecule has 0 saturated carbocycles. The van der Waals surface area contributed by atoms with Crippen molar-refractivity contribution in [1.82, 2.24) is 15.5 Å². The van der Waals surface area contributed by atoms with E-state index in [0.717, 1.165) is 90.4 Å². The van der Waals surface area contributed by atoms with Gasteiger partial charge in [-0.05, 0) is 71.3 Å². The van der Waals surface area contributed by atoms with Crippen LogP contribution in [-0.4, -0.2) is 73.6 Å². The number of nitrogens with one attached hydrogen (secondary N) is 2. The molecule has 0 aromatic heterocycles. The summed E-state index contributed by atoms with van der Waals surface area (Å²) >= 11 is 0. The van der Waals surface area contributed by atoms with E-state index >= 15 is 0 Å². The lowest BCUT2D eigenvalue weighted by Gasteiger charge is -2.19. The second kappa shape index (κ2) is 30.3. The van der Waals surface area contributed by atoms with Crippen LogP contribution in [0.25, 0.3) is 0 Å². The second-order valence-electron chi connectivity index (χ2n) is 10.5. The number of allylic oxidation sites excluding steroid dienone is 8. The summed E-state index contributed by atoms with van der Waals surface area (Å²) in [5.74, 6) is 0. The lowest BCUT2D eigenvalue weighted by molar-refractivity contribution is 0.155. The number of unbranched alkanes of at least 4 members (excludes halogenated alkanes) is 6. The summed E-state index contributed by atoms with van der Waals surface area (Å²) < 4.78 is 0. The Balaban J connectivity index is 3.47. The van der Waals surface area contributed by atoms with Gasteiger partial charge >= 0.3 is 0 Å². The molecule has 0 aromatic carbocycles. The topological polar surface area (TPSA) is 67.8 Å². The Morgan fingerprint density at radius 1 is 0.579 bits per heavy atom. The molecule has 2 unspecified atom stereocenters. The minimum absolute atomic E-state index is 0.248. The minimum Gasteiger partial charge on any atom is -0.392 e. The molecule has 5 heteroatoms. The average Bonchev–Trinajstić information content (AvgIpc) is 2.91. The normalized spacial score (nSPS) is 14.3. The second-order valence-corrected chi connectivity index (χ2v) is 10.5. The molecule has 0 aromatic rings. The molecule has 38 heavy (non-hydrogen) atoms. The van der Waals surface area contributed by atoms with Gasteiger partial charge in [0, 0.05) is 39.3 Å². The van der Waals surface area contributed by atoms with Crippen molar-refractivity contribution in [2.45, 2.75) is 116 Å². The van der Waals surface area contributed by atoms with Gasteiger partial charge in [0.2, 0.25) is 0 Å². The number of hydrogen-bond donors (Lipinski definition) is 4. The molecule has 2 atom stereocenters. The molecular weight excluding hydrogens is 470 g/mol. The highest BCUT2D eigenvalue weighted by Gasteiger charge is 2.05. The molecule has 0 aliphatic carbocycles. The summed E-state index contributed by atoms with van der Waals surface area (Å²) in [6.07, 6.45) is 32.8. The third-order valence-corrected chi connectivity index (χ3v) is 6.60. The summed E-state index contributed by atoms with van der Waals surface area (Å²) in [5, 5.41) is 27.1. The van der Waals surface area contributed by atoms with Gasteiger partial charge in [-0.15, -0.1) is 0 Å². The van der Waals surface area contributed by atoms with Gasteiger partial charge in [0.25, 0.3) is 0 Å². The SMILES string of the molecule is CC/C=C\C/C=C\CCCCCC(O)CNCCN(C)CCNCC(O)CCCCC/C=C\C/C=C\CC. The molecule has 222 valence electrons. The monoisotopic (exact) mass is 533 g/mol. The van der Waals surface area contributed by atoms with Gasteiger partial charge in [-0.1, -0.05) is 88.1 Å². The molecule has 0 spiro atoms. The van der Waals surface area contributed by atoms with Gasteiger partial charge in [-0.2, -0.15) is 0 Å². The van der Waals surface area contributed by atoms with Gasteiger partial charge < -0.3 is 25.7 Å². The molecule has 0 rings (SSSR count). The van der Waals surface area contributed by atoms with E-state index in [-0.39, 0.29) is 12.2 Å². The van der Waals surface area contributed by atoms with Crippen LogP contribution in [0.5, 0.6) is 0 Å². The first kappa shape index (κ1) is 36.8. The van der Waals surface area contributed by atoms with E-state index in [1.54, 1.807) is 0 Å². The van der Waals surface area contributed by atoms with E-state index in [4.69, 9.17) is 0 Å². The summed E-state index contributed by atoms with van der Waals surface area (Å²) in [4.78, 5) is 2.29. The standard InChI is InChI=1S/C33H63N3O2/c1-4-6-8-10-12-14-16-18-20-22-24-32(37)30-34-26-28-36(3)29-27-35-31-33(38)25-23-21-19-17-15-13-11-9-7-5-2/h6-9,12-15,32-35,37-38H,4-5,10-11,16-31H2,1-3H3/b8-6-,9-7-,14-12-,15-13-. The number of hydrogen-bond acceptors (Lipinski definition) is 5. The molecule has 0 aliphatic rings. The van der Waals surface area contributed by atoms with Crippen molar-refractivity contribution in [3.63, 3.8) is 0 Å². The summed E-state index contributed by atoms with van der Waals surface area (Å²) in [6.45, 7) is 9.36.